The van der Waals surface area contributed by atoms with Gasteiger partial charge in [-0.3, -0.25) is 0 Å². The second-order valence-corrected chi connectivity index (χ2v) is 4.42. The summed E-state index contributed by atoms with van der Waals surface area (Å²) in [5.41, 5.74) is 3.71. The van der Waals surface area contributed by atoms with Gasteiger partial charge in [-0.25, -0.2) is 4.99 Å². The molecule has 0 bridgehead atoms. The van der Waals surface area contributed by atoms with Crippen LogP contribution in [0.25, 0.3) is 0 Å². The first-order valence-electron chi connectivity index (χ1n) is 6.55. The van der Waals surface area contributed by atoms with Crippen molar-refractivity contribution in [2.45, 2.75) is 20.3 Å². The number of aliphatic imine (C=N–C) groups is 1. The summed E-state index contributed by atoms with van der Waals surface area (Å²) in [6.07, 6.45) is 2.09. The van der Waals surface area contributed by atoms with E-state index in [9.17, 15) is 5.26 Å². The van der Waals surface area contributed by atoms with E-state index in [4.69, 9.17) is 4.74 Å². The van der Waals surface area contributed by atoms with Gasteiger partial charge in [0, 0.05) is 12.1 Å². The minimum Gasteiger partial charge on any atom is -0.483 e. The molecule has 1 N–H and O–H groups in total. The van der Waals surface area contributed by atoms with Crippen molar-refractivity contribution in [2.75, 3.05) is 6.61 Å². The van der Waals surface area contributed by atoms with Crippen LogP contribution in [0.1, 0.15) is 29.3 Å². The molecule has 0 aliphatic heterocycles. The Kier molecular flexibility index (Phi) is 4.56. The van der Waals surface area contributed by atoms with Gasteiger partial charge in [0.05, 0.1) is 6.61 Å². The van der Waals surface area contributed by atoms with Crippen molar-refractivity contribution in [1.82, 2.24) is 4.98 Å². The number of nitriles is 1. The minimum absolute atomic E-state index is 0.557. The summed E-state index contributed by atoms with van der Waals surface area (Å²) in [5, 5.41) is 9.36. The van der Waals surface area contributed by atoms with Crippen LogP contribution in [0, 0.1) is 18.3 Å². The fourth-order valence-corrected chi connectivity index (χ4v) is 2.05. The van der Waals surface area contributed by atoms with Crippen molar-refractivity contribution in [3.63, 3.8) is 0 Å². The molecule has 0 amide bonds. The average Bonchev–Trinajstić information content (AvgIpc) is 2.76. The molecule has 0 saturated carbocycles. The van der Waals surface area contributed by atoms with Crippen molar-refractivity contribution in [3.05, 3.63) is 52.7 Å². The monoisotopic (exact) mass is 267 g/mol. The molecule has 0 saturated heterocycles. The summed E-state index contributed by atoms with van der Waals surface area (Å²) in [6, 6.07) is 12.3. The third kappa shape index (κ3) is 3.07. The minimum atomic E-state index is 0.557. The molecule has 0 unspecified atom stereocenters. The Morgan fingerprint density at radius 1 is 1.35 bits per heavy atom. The highest BCUT2D eigenvalue weighted by Crippen LogP contribution is 2.26. The molecule has 1 heterocycles. The van der Waals surface area contributed by atoms with Crippen LogP contribution in [-0.4, -0.2) is 18.0 Å². The lowest BCUT2D eigenvalue weighted by atomic mass is 10.0. The van der Waals surface area contributed by atoms with Crippen LogP contribution in [0.4, 0.5) is 5.82 Å². The lowest BCUT2D eigenvalue weighted by molar-refractivity contribution is 0.344. The molecular formula is C16H17N3O. The van der Waals surface area contributed by atoms with Crippen molar-refractivity contribution in [2.24, 2.45) is 4.99 Å². The summed E-state index contributed by atoms with van der Waals surface area (Å²) in [5.74, 6) is 0.560. The molecule has 0 aliphatic rings. The van der Waals surface area contributed by atoms with Crippen LogP contribution < -0.4 is 0 Å². The Morgan fingerprint density at radius 3 is 2.75 bits per heavy atom. The Bertz CT molecular complexity index is 636. The van der Waals surface area contributed by atoms with Gasteiger partial charge in [-0.05, 0) is 25.0 Å². The van der Waals surface area contributed by atoms with E-state index < -0.39 is 0 Å². The zero-order valence-electron chi connectivity index (χ0n) is 11.7. The predicted octanol–water partition coefficient (Wildman–Crippen LogP) is 3.48. The third-order valence-corrected chi connectivity index (χ3v) is 3.06. The average molecular weight is 267 g/mol. The molecule has 20 heavy (non-hydrogen) atoms. The molecule has 0 spiro atoms. The molecule has 0 aliphatic carbocycles. The summed E-state index contributed by atoms with van der Waals surface area (Å²) in [6.45, 7) is 4.40. The number of aryl methyl sites for hydroxylation is 1. The van der Waals surface area contributed by atoms with Crippen LogP contribution in [-0.2, 0) is 11.2 Å². The number of hydrogen-bond donors (Lipinski definition) is 1. The van der Waals surface area contributed by atoms with Gasteiger partial charge in [0.15, 0.2) is 12.2 Å². The SMILES string of the molecule is CCOC=Nc1[nH]c(C)c(Cc2ccccc2)c1C#N. The van der Waals surface area contributed by atoms with E-state index in [0.29, 0.717) is 18.0 Å². The first-order chi connectivity index (χ1) is 9.76. The number of nitrogens with one attached hydrogen (secondary N) is 1. The maximum Gasteiger partial charge on any atom is 0.176 e. The second-order valence-electron chi connectivity index (χ2n) is 4.42. The number of rotatable bonds is 5. The molecule has 0 fully saturated rings. The van der Waals surface area contributed by atoms with Gasteiger partial charge in [0.2, 0.25) is 0 Å². The Balaban J connectivity index is 2.32. The van der Waals surface area contributed by atoms with Gasteiger partial charge in [0.25, 0.3) is 0 Å². The summed E-state index contributed by atoms with van der Waals surface area (Å²) in [4.78, 5) is 7.31. The molecule has 4 nitrogen and oxygen atoms in total. The lowest BCUT2D eigenvalue weighted by Crippen LogP contribution is -1.91. The van der Waals surface area contributed by atoms with Crippen molar-refractivity contribution >= 4 is 12.2 Å². The highest BCUT2D eigenvalue weighted by molar-refractivity contribution is 5.63. The lowest BCUT2D eigenvalue weighted by Gasteiger charge is -2.01. The Labute approximate surface area is 118 Å². The van der Waals surface area contributed by atoms with E-state index >= 15 is 0 Å². The number of H-pyrrole nitrogens is 1. The molecule has 102 valence electrons. The van der Waals surface area contributed by atoms with Gasteiger partial charge in [-0.2, -0.15) is 5.26 Å². The molecule has 1 aromatic heterocycles. The second kappa shape index (κ2) is 6.58. The van der Waals surface area contributed by atoms with Gasteiger partial charge >= 0.3 is 0 Å². The van der Waals surface area contributed by atoms with E-state index in [1.807, 2.05) is 32.0 Å². The first-order valence-corrected chi connectivity index (χ1v) is 6.55. The molecule has 0 atom stereocenters. The largest absolute Gasteiger partial charge is 0.483 e. The highest BCUT2D eigenvalue weighted by Gasteiger charge is 2.14. The molecule has 1 aromatic carbocycles. The van der Waals surface area contributed by atoms with E-state index in [2.05, 4.69) is 28.2 Å². The van der Waals surface area contributed by atoms with Gasteiger partial charge in [0.1, 0.15) is 11.6 Å². The van der Waals surface area contributed by atoms with E-state index in [1.165, 1.54) is 12.0 Å². The fraction of sp³-hybridized carbons (Fsp3) is 0.250. The zero-order chi connectivity index (χ0) is 14.4. The van der Waals surface area contributed by atoms with Crippen molar-refractivity contribution < 1.29 is 4.74 Å². The van der Waals surface area contributed by atoms with Gasteiger partial charge in [-0.15, -0.1) is 0 Å². The van der Waals surface area contributed by atoms with E-state index in [-0.39, 0.29) is 0 Å². The molecular weight excluding hydrogens is 250 g/mol. The first kappa shape index (κ1) is 13.9. The third-order valence-electron chi connectivity index (χ3n) is 3.06. The number of ether oxygens (including phenoxy) is 1. The number of benzene rings is 1. The van der Waals surface area contributed by atoms with Crippen molar-refractivity contribution in [1.29, 1.82) is 5.26 Å². The van der Waals surface area contributed by atoms with E-state index in [1.54, 1.807) is 0 Å². The number of hydrogen-bond acceptors (Lipinski definition) is 3. The normalized spacial score (nSPS) is 10.7. The maximum atomic E-state index is 9.36. The highest BCUT2D eigenvalue weighted by atomic mass is 16.5. The molecule has 2 rings (SSSR count). The fourth-order valence-electron chi connectivity index (χ4n) is 2.05. The summed E-state index contributed by atoms with van der Waals surface area (Å²) in [7, 11) is 0. The maximum absolute atomic E-state index is 9.36. The van der Waals surface area contributed by atoms with E-state index in [0.717, 1.165) is 17.7 Å². The van der Waals surface area contributed by atoms with Crippen LogP contribution in [0.5, 0.6) is 0 Å². The van der Waals surface area contributed by atoms with Crippen LogP contribution >= 0.6 is 0 Å². The zero-order valence-corrected chi connectivity index (χ0v) is 11.7. The van der Waals surface area contributed by atoms with Crippen molar-refractivity contribution in [3.8, 4) is 6.07 Å². The summed E-state index contributed by atoms with van der Waals surface area (Å²) >= 11 is 0. The van der Waals surface area contributed by atoms with Gasteiger partial charge in [-0.1, -0.05) is 30.3 Å². The van der Waals surface area contributed by atoms with Crippen LogP contribution in [0.2, 0.25) is 0 Å². The Morgan fingerprint density at radius 2 is 2.10 bits per heavy atom. The molecule has 2 aromatic rings. The molecule has 4 heteroatoms. The van der Waals surface area contributed by atoms with Gasteiger partial charge < -0.3 is 9.72 Å². The van der Waals surface area contributed by atoms with Crippen LogP contribution in [0.15, 0.2) is 35.3 Å². The number of aromatic nitrogens is 1. The number of nitrogens with zero attached hydrogens (tertiary/aromatic N) is 2. The smallest absolute Gasteiger partial charge is 0.176 e. The van der Waals surface area contributed by atoms with Crippen LogP contribution in [0.3, 0.4) is 0 Å². The molecule has 0 radical (unpaired) electrons. The Hall–Kier alpha value is -2.54. The predicted molar refractivity (Wildman–Crippen MR) is 79.3 cm³/mol. The number of aromatic amines is 1. The summed E-state index contributed by atoms with van der Waals surface area (Å²) < 4.78 is 5.08. The topological polar surface area (TPSA) is 61.2 Å². The standard InChI is InChI=1S/C16H17N3O/c1-3-20-11-18-16-15(10-17)14(12(2)19-16)9-13-7-5-4-6-8-13/h4-8,11,19H,3,9H2,1-2H3. The quantitative estimate of drug-likeness (QED) is 0.666.